The van der Waals surface area contributed by atoms with Gasteiger partial charge in [-0.05, 0) is 23.8 Å². The maximum atomic E-state index is 13.3. The van der Waals surface area contributed by atoms with E-state index in [9.17, 15) is 4.39 Å². The van der Waals surface area contributed by atoms with Crippen LogP contribution in [0.5, 0.6) is 5.75 Å². The number of anilines is 2. The average Bonchev–Trinajstić information content (AvgIpc) is 2.89. The smallest absolute Gasteiger partial charge is 0.143 e. The van der Waals surface area contributed by atoms with Crippen LogP contribution in [0.25, 0.3) is 0 Å². The Morgan fingerprint density at radius 2 is 2.14 bits per heavy atom. The van der Waals surface area contributed by atoms with Gasteiger partial charge in [0, 0.05) is 29.1 Å². The van der Waals surface area contributed by atoms with E-state index in [0.717, 1.165) is 22.2 Å². The minimum absolute atomic E-state index is 0.0439. The lowest BCUT2D eigenvalue weighted by molar-refractivity contribution is 0.354. The van der Waals surface area contributed by atoms with Gasteiger partial charge in [-0.25, -0.2) is 4.39 Å². The van der Waals surface area contributed by atoms with E-state index in [2.05, 4.69) is 27.3 Å². The van der Waals surface area contributed by atoms with Crippen LogP contribution in [0.3, 0.4) is 0 Å². The summed E-state index contributed by atoms with van der Waals surface area (Å²) in [6.45, 7) is 1.22. The van der Waals surface area contributed by atoms with Gasteiger partial charge < -0.3 is 15.8 Å². The zero-order chi connectivity index (χ0) is 15.0. The lowest BCUT2D eigenvalue weighted by atomic mass is 10.1. The van der Waals surface area contributed by atoms with E-state index in [4.69, 9.17) is 22.1 Å². The van der Waals surface area contributed by atoms with Crippen molar-refractivity contribution in [1.29, 1.82) is 0 Å². The van der Waals surface area contributed by atoms with Crippen LogP contribution in [-0.2, 0) is 13.0 Å². The van der Waals surface area contributed by atoms with Crippen molar-refractivity contribution in [3.63, 3.8) is 0 Å². The quantitative estimate of drug-likeness (QED) is 0.788. The molecule has 1 aliphatic heterocycles. The molecule has 3 nitrogen and oxygen atoms in total. The van der Waals surface area contributed by atoms with Crippen molar-refractivity contribution >= 4 is 38.9 Å². The highest BCUT2D eigenvalue weighted by atomic mass is 79.9. The number of nitrogens with one attached hydrogen (secondary N) is 1. The lowest BCUT2D eigenvalue weighted by Crippen LogP contribution is -2.04. The number of hydrogen-bond donors (Lipinski definition) is 2. The molecule has 0 radical (unpaired) electrons. The van der Waals surface area contributed by atoms with E-state index in [1.54, 1.807) is 0 Å². The third-order valence-electron chi connectivity index (χ3n) is 3.39. The molecule has 0 atom stereocenters. The number of ether oxygens (including phenoxy) is 1. The minimum atomic E-state index is -0.522. The Bertz CT molecular complexity index is 709. The van der Waals surface area contributed by atoms with Crippen molar-refractivity contribution in [3.8, 4) is 5.75 Å². The van der Waals surface area contributed by atoms with E-state index in [-0.39, 0.29) is 5.02 Å². The molecule has 3 rings (SSSR count). The standard InChI is InChI=1S/C15H13BrClFN2O/c16-10-3-8-1-2-21-15(8)9(4-10)7-20-14-5-11(17)12(18)6-13(14)19/h3-6,20H,1-2,7,19H2. The molecule has 0 spiro atoms. The zero-order valence-corrected chi connectivity index (χ0v) is 13.4. The van der Waals surface area contributed by atoms with Crippen molar-refractivity contribution in [2.45, 2.75) is 13.0 Å². The average molecular weight is 372 g/mol. The maximum Gasteiger partial charge on any atom is 0.143 e. The van der Waals surface area contributed by atoms with Crippen molar-refractivity contribution in [2.24, 2.45) is 0 Å². The summed E-state index contributed by atoms with van der Waals surface area (Å²) in [5.41, 5.74) is 8.93. The van der Waals surface area contributed by atoms with Crippen LogP contribution in [0.1, 0.15) is 11.1 Å². The summed E-state index contributed by atoms with van der Waals surface area (Å²) < 4.78 is 20.0. The molecule has 3 N–H and O–H groups in total. The minimum Gasteiger partial charge on any atom is -0.493 e. The first-order valence-electron chi connectivity index (χ1n) is 6.47. The van der Waals surface area contributed by atoms with Crippen LogP contribution < -0.4 is 15.8 Å². The first-order valence-corrected chi connectivity index (χ1v) is 7.64. The van der Waals surface area contributed by atoms with E-state index >= 15 is 0 Å². The van der Waals surface area contributed by atoms with Crippen LogP contribution in [0.2, 0.25) is 5.02 Å². The highest BCUT2D eigenvalue weighted by molar-refractivity contribution is 9.10. The fourth-order valence-corrected chi connectivity index (χ4v) is 3.10. The largest absolute Gasteiger partial charge is 0.493 e. The van der Waals surface area contributed by atoms with E-state index in [1.165, 1.54) is 17.7 Å². The first kappa shape index (κ1) is 14.5. The molecule has 21 heavy (non-hydrogen) atoms. The predicted octanol–water partition coefficient (Wildman–Crippen LogP) is 4.37. The number of benzene rings is 2. The fourth-order valence-electron chi connectivity index (χ4n) is 2.38. The van der Waals surface area contributed by atoms with Gasteiger partial charge in [-0.2, -0.15) is 0 Å². The van der Waals surface area contributed by atoms with E-state index in [1.807, 2.05) is 6.07 Å². The molecule has 0 fully saturated rings. The normalized spacial score (nSPS) is 12.9. The molecule has 1 aliphatic rings. The second-order valence-electron chi connectivity index (χ2n) is 4.86. The molecule has 0 amide bonds. The summed E-state index contributed by atoms with van der Waals surface area (Å²) in [6.07, 6.45) is 0.909. The molecule has 2 aromatic carbocycles. The van der Waals surface area contributed by atoms with Gasteiger partial charge in [0.1, 0.15) is 11.6 Å². The summed E-state index contributed by atoms with van der Waals surface area (Å²) in [7, 11) is 0. The van der Waals surface area contributed by atoms with Gasteiger partial charge in [-0.3, -0.25) is 0 Å². The lowest BCUT2D eigenvalue weighted by Gasteiger charge is -2.13. The van der Waals surface area contributed by atoms with Crippen molar-refractivity contribution in [3.05, 3.63) is 50.7 Å². The van der Waals surface area contributed by atoms with Gasteiger partial charge in [0.05, 0.1) is 23.0 Å². The Kier molecular flexibility index (Phi) is 3.95. The van der Waals surface area contributed by atoms with E-state index < -0.39 is 5.82 Å². The molecule has 0 aromatic heterocycles. The summed E-state index contributed by atoms with van der Waals surface area (Å²) in [5.74, 6) is 0.392. The fraction of sp³-hybridized carbons (Fsp3) is 0.200. The molecule has 6 heteroatoms. The third-order valence-corrected chi connectivity index (χ3v) is 4.13. The number of nitrogens with two attached hydrogens (primary N) is 1. The summed E-state index contributed by atoms with van der Waals surface area (Å²) in [4.78, 5) is 0. The van der Waals surface area contributed by atoms with Gasteiger partial charge in [0.15, 0.2) is 0 Å². The third kappa shape index (κ3) is 2.94. The second-order valence-corrected chi connectivity index (χ2v) is 6.18. The predicted molar refractivity (Wildman–Crippen MR) is 86.5 cm³/mol. The first-order chi connectivity index (χ1) is 10.0. The second kappa shape index (κ2) is 5.73. The van der Waals surface area contributed by atoms with Gasteiger partial charge in [-0.15, -0.1) is 0 Å². The van der Waals surface area contributed by atoms with Gasteiger partial charge in [-0.1, -0.05) is 27.5 Å². The van der Waals surface area contributed by atoms with Crippen LogP contribution in [-0.4, -0.2) is 6.61 Å². The number of hydrogen-bond acceptors (Lipinski definition) is 3. The SMILES string of the molecule is Nc1cc(F)c(Cl)cc1NCc1cc(Br)cc2c1OCC2. The van der Waals surface area contributed by atoms with Crippen molar-refractivity contribution in [1.82, 2.24) is 0 Å². The van der Waals surface area contributed by atoms with Crippen LogP contribution in [0, 0.1) is 5.82 Å². The molecule has 0 unspecified atom stereocenters. The summed E-state index contributed by atoms with van der Waals surface area (Å²) in [6, 6.07) is 6.77. The molecule has 2 aromatic rings. The Hall–Kier alpha value is -1.46. The molecule has 1 heterocycles. The Balaban J connectivity index is 1.84. The Morgan fingerprint density at radius 3 is 2.95 bits per heavy atom. The molecule has 0 bridgehead atoms. The molecule has 0 aliphatic carbocycles. The number of halogens is 3. The number of fused-ring (bicyclic) bond motifs is 1. The summed E-state index contributed by atoms with van der Waals surface area (Å²) in [5, 5.41) is 3.22. The Labute approximate surface area is 135 Å². The van der Waals surface area contributed by atoms with Crippen LogP contribution in [0.15, 0.2) is 28.7 Å². The molecular weight excluding hydrogens is 359 g/mol. The highest BCUT2D eigenvalue weighted by Gasteiger charge is 2.17. The maximum absolute atomic E-state index is 13.3. The van der Waals surface area contributed by atoms with Gasteiger partial charge >= 0.3 is 0 Å². The molecular formula is C15H13BrClFN2O. The van der Waals surface area contributed by atoms with Crippen molar-refractivity contribution in [2.75, 3.05) is 17.7 Å². The zero-order valence-electron chi connectivity index (χ0n) is 11.1. The Morgan fingerprint density at radius 1 is 1.33 bits per heavy atom. The van der Waals surface area contributed by atoms with Crippen molar-refractivity contribution < 1.29 is 9.13 Å². The monoisotopic (exact) mass is 370 g/mol. The van der Waals surface area contributed by atoms with Crippen LogP contribution in [0.4, 0.5) is 15.8 Å². The van der Waals surface area contributed by atoms with E-state index in [0.29, 0.717) is 24.5 Å². The van der Waals surface area contributed by atoms with Gasteiger partial charge in [0.2, 0.25) is 0 Å². The number of rotatable bonds is 3. The summed E-state index contributed by atoms with van der Waals surface area (Å²) >= 11 is 9.28. The molecule has 0 saturated carbocycles. The highest BCUT2D eigenvalue weighted by Crippen LogP contribution is 2.34. The topological polar surface area (TPSA) is 47.3 Å². The van der Waals surface area contributed by atoms with Gasteiger partial charge in [0.25, 0.3) is 0 Å². The number of nitrogen functional groups attached to an aromatic ring is 1. The van der Waals surface area contributed by atoms with Crippen LogP contribution >= 0.6 is 27.5 Å². The molecule has 0 saturated heterocycles. The molecule has 110 valence electrons.